The van der Waals surface area contributed by atoms with Gasteiger partial charge in [-0.2, -0.15) is 5.10 Å². The van der Waals surface area contributed by atoms with Crippen LogP contribution in [0.5, 0.6) is 0 Å². The van der Waals surface area contributed by atoms with Crippen molar-refractivity contribution in [2.75, 3.05) is 0 Å². The molecule has 3 rings (SSSR count). The topological polar surface area (TPSA) is 73.8 Å². The SMILES string of the molecule is NC(=O)c1cnn(-c2cccc3ncccc23)c1. The second-order valence-electron chi connectivity index (χ2n) is 3.89. The number of carbonyl (C=O) groups is 1. The number of primary amides is 1. The maximum Gasteiger partial charge on any atom is 0.251 e. The standard InChI is InChI=1S/C13H10N4O/c14-13(18)9-7-16-17(8-9)12-5-1-4-11-10(12)3-2-6-15-11/h1-8H,(H2,14,18). The molecule has 2 heterocycles. The zero-order valence-corrected chi connectivity index (χ0v) is 9.45. The number of carbonyl (C=O) groups excluding carboxylic acids is 1. The van der Waals surface area contributed by atoms with Crippen LogP contribution < -0.4 is 5.73 Å². The van der Waals surface area contributed by atoms with Crippen LogP contribution in [0.15, 0.2) is 48.9 Å². The predicted octanol–water partition coefficient (Wildman–Crippen LogP) is 1.52. The summed E-state index contributed by atoms with van der Waals surface area (Å²) in [5.41, 5.74) is 7.35. The van der Waals surface area contributed by atoms with Gasteiger partial charge in [0.15, 0.2) is 0 Å². The molecule has 0 radical (unpaired) electrons. The first kappa shape index (κ1) is 10.5. The number of aromatic nitrogens is 3. The van der Waals surface area contributed by atoms with E-state index in [0.717, 1.165) is 16.6 Å². The van der Waals surface area contributed by atoms with Crippen LogP contribution in [-0.2, 0) is 0 Å². The van der Waals surface area contributed by atoms with E-state index in [-0.39, 0.29) is 0 Å². The minimum atomic E-state index is -0.486. The van der Waals surface area contributed by atoms with E-state index in [2.05, 4.69) is 10.1 Å². The summed E-state index contributed by atoms with van der Waals surface area (Å²) in [6.07, 6.45) is 4.81. The summed E-state index contributed by atoms with van der Waals surface area (Å²) >= 11 is 0. The minimum Gasteiger partial charge on any atom is -0.366 e. The van der Waals surface area contributed by atoms with Crippen LogP contribution in [0.1, 0.15) is 10.4 Å². The molecule has 1 amide bonds. The maximum absolute atomic E-state index is 11.1. The second-order valence-corrected chi connectivity index (χ2v) is 3.89. The third-order valence-electron chi connectivity index (χ3n) is 2.74. The van der Waals surface area contributed by atoms with Crippen LogP contribution in [0, 0.1) is 0 Å². The van der Waals surface area contributed by atoms with Gasteiger partial charge in [0.1, 0.15) is 0 Å². The molecule has 18 heavy (non-hydrogen) atoms. The summed E-state index contributed by atoms with van der Waals surface area (Å²) in [5, 5.41) is 5.12. The highest BCUT2D eigenvalue weighted by Gasteiger charge is 2.08. The Kier molecular flexibility index (Phi) is 2.30. The van der Waals surface area contributed by atoms with Crippen molar-refractivity contribution in [1.82, 2.24) is 14.8 Å². The van der Waals surface area contributed by atoms with E-state index in [4.69, 9.17) is 5.73 Å². The Hall–Kier alpha value is -2.69. The summed E-state index contributed by atoms with van der Waals surface area (Å²) in [6, 6.07) is 9.57. The van der Waals surface area contributed by atoms with E-state index in [1.54, 1.807) is 17.1 Å². The summed E-state index contributed by atoms with van der Waals surface area (Å²) < 4.78 is 1.63. The van der Waals surface area contributed by atoms with Crippen molar-refractivity contribution in [2.24, 2.45) is 5.73 Å². The molecule has 0 saturated heterocycles. The fourth-order valence-corrected chi connectivity index (χ4v) is 1.87. The molecule has 2 aromatic heterocycles. The molecule has 88 valence electrons. The molecule has 1 aromatic carbocycles. The van der Waals surface area contributed by atoms with Gasteiger partial charge in [-0.25, -0.2) is 4.68 Å². The highest BCUT2D eigenvalue weighted by molar-refractivity contribution is 5.92. The summed E-state index contributed by atoms with van der Waals surface area (Å²) in [4.78, 5) is 15.3. The van der Waals surface area contributed by atoms with Gasteiger partial charge in [-0.05, 0) is 24.3 Å². The van der Waals surface area contributed by atoms with Crippen LogP contribution in [0.25, 0.3) is 16.6 Å². The molecule has 3 aromatic rings. The Labute approximate surface area is 103 Å². The molecule has 0 fully saturated rings. The molecule has 5 nitrogen and oxygen atoms in total. The average molecular weight is 238 g/mol. The van der Waals surface area contributed by atoms with Gasteiger partial charge < -0.3 is 5.73 Å². The Balaban J connectivity index is 2.21. The zero-order chi connectivity index (χ0) is 12.5. The molecular formula is C13H10N4O. The number of nitrogens with zero attached hydrogens (tertiary/aromatic N) is 3. The third kappa shape index (κ3) is 1.62. The average Bonchev–Trinajstić information content (AvgIpc) is 2.87. The number of nitrogens with two attached hydrogens (primary N) is 1. The summed E-state index contributed by atoms with van der Waals surface area (Å²) in [5.74, 6) is -0.486. The third-order valence-corrected chi connectivity index (χ3v) is 2.74. The van der Waals surface area contributed by atoms with Crippen LogP contribution in [0.2, 0.25) is 0 Å². The van der Waals surface area contributed by atoms with Gasteiger partial charge in [0.2, 0.25) is 0 Å². The first-order valence-corrected chi connectivity index (χ1v) is 5.44. The van der Waals surface area contributed by atoms with E-state index < -0.39 is 5.91 Å². The normalized spacial score (nSPS) is 10.7. The van der Waals surface area contributed by atoms with E-state index in [1.807, 2.05) is 30.3 Å². The zero-order valence-electron chi connectivity index (χ0n) is 9.45. The Morgan fingerprint density at radius 2 is 2.11 bits per heavy atom. The van der Waals surface area contributed by atoms with E-state index >= 15 is 0 Å². The fourth-order valence-electron chi connectivity index (χ4n) is 1.87. The molecule has 5 heteroatoms. The van der Waals surface area contributed by atoms with Crippen molar-refractivity contribution in [3.05, 3.63) is 54.5 Å². The molecule has 0 atom stereocenters. The molecule has 0 unspecified atom stereocenters. The van der Waals surface area contributed by atoms with Crippen molar-refractivity contribution in [3.63, 3.8) is 0 Å². The number of benzene rings is 1. The largest absolute Gasteiger partial charge is 0.366 e. The molecule has 0 saturated carbocycles. The number of fused-ring (bicyclic) bond motifs is 1. The molecule has 0 aliphatic rings. The quantitative estimate of drug-likeness (QED) is 0.735. The Morgan fingerprint density at radius 1 is 1.22 bits per heavy atom. The van der Waals surface area contributed by atoms with Crippen LogP contribution in [0.3, 0.4) is 0 Å². The van der Waals surface area contributed by atoms with Crippen molar-refractivity contribution < 1.29 is 4.79 Å². The highest BCUT2D eigenvalue weighted by atomic mass is 16.1. The summed E-state index contributed by atoms with van der Waals surface area (Å²) in [6.45, 7) is 0. The highest BCUT2D eigenvalue weighted by Crippen LogP contribution is 2.20. The lowest BCUT2D eigenvalue weighted by molar-refractivity contribution is 0.100. The van der Waals surface area contributed by atoms with Gasteiger partial charge in [-0.1, -0.05) is 6.07 Å². The van der Waals surface area contributed by atoms with Gasteiger partial charge in [0.25, 0.3) is 5.91 Å². The van der Waals surface area contributed by atoms with Gasteiger partial charge in [0.05, 0.1) is 23.0 Å². The number of hydrogen-bond acceptors (Lipinski definition) is 3. The molecule has 0 aliphatic carbocycles. The molecule has 2 N–H and O–H groups in total. The Bertz CT molecular complexity index is 727. The van der Waals surface area contributed by atoms with Crippen molar-refractivity contribution >= 4 is 16.8 Å². The van der Waals surface area contributed by atoms with Crippen molar-refractivity contribution in [1.29, 1.82) is 0 Å². The monoisotopic (exact) mass is 238 g/mol. The number of amides is 1. The van der Waals surface area contributed by atoms with E-state index in [1.165, 1.54) is 6.20 Å². The van der Waals surface area contributed by atoms with Gasteiger partial charge in [0, 0.05) is 17.8 Å². The van der Waals surface area contributed by atoms with E-state index in [9.17, 15) is 4.79 Å². The van der Waals surface area contributed by atoms with Crippen molar-refractivity contribution in [3.8, 4) is 5.69 Å². The lowest BCUT2D eigenvalue weighted by Gasteiger charge is -2.05. The van der Waals surface area contributed by atoms with Crippen LogP contribution in [0.4, 0.5) is 0 Å². The molecular weight excluding hydrogens is 228 g/mol. The molecule has 0 spiro atoms. The number of pyridine rings is 1. The minimum absolute atomic E-state index is 0.385. The second kappa shape index (κ2) is 3.96. The van der Waals surface area contributed by atoms with Crippen LogP contribution in [-0.4, -0.2) is 20.7 Å². The Morgan fingerprint density at radius 3 is 2.89 bits per heavy atom. The summed E-state index contributed by atoms with van der Waals surface area (Å²) in [7, 11) is 0. The molecule has 0 bridgehead atoms. The first-order chi connectivity index (χ1) is 8.75. The maximum atomic E-state index is 11.1. The van der Waals surface area contributed by atoms with Crippen LogP contribution >= 0.6 is 0 Å². The smallest absolute Gasteiger partial charge is 0.251 e. The predicted molar refractivity (Wildman–Crippen MR) is 67.4 cm³/mol. The van der Waals surface area contributed by atoms with Crippen molar-refractivity contribution in [2.45, 2.75) is 0 Å². The van der Waals surface area contributed by atoms with Gasteiger partial charge >= 0.3 is 0 Å². The van der Waals surface area contributed by atoms with E-state index in [0.29, 0.717) is 5.56 Å². The molecule has 0 aliphatic heterocycles. The first-order valence-electron chi connectivity index (χ1n) is 5.44. The van der Waals surface area contributed by atoms with Gasteiger partial charge in [-0.3, -0.25) is 9.78 Å². The number of rotatable bonds is 2. The number of hydrogen-bond donors (Lipinski definition) is 1. The lowest BCUT2D eigenvalue weighted by Crippen LogP contribution is -2.09. The fraction of sp³-hybridized carbons (Fsp3) is 0. The van der Waals surface area contributed by atoms with Gasteiger partial charge in [-0.15, -0.1) is 0 Å². The lowest BCUT2D eigenvalue weighted by atomic mass is 10.2.